The van der Waals surface area contributed by atoms with E-state index in [1.807, 2.05) is 0 Å². The first-order chi connectivity index (χ1) is 55.8. The van der Waals surface area contributed by atoms with Gasteiger partial charge in [0.15, 0.2) is 24.8 Å². The Morgan fingerprint density at radius 3 is 0.828 bits per heavy atom. The lowest BCUT2D eigenvalue weighted by molar-refractivity contribution is -0.660. The Balaban J connectivity index is 0.000000135. The maximum Gasteiger partial charge on any atom is 0.213 e. The number of aryl methyl sites for hydroxylation is 20. The van der Waals surface area contributed by atoms with Crippen LogP contribution in [0.2, 0.25) is 0 Å². The molecule has 12 aromatic carbocycles. The van der Waals surface area contributed by atoms with Gasteiger partial charge in [-0.2, -0.15) is 0 Å². The minimum absolute atomic E-state index is 1.23. The fourth-order valence-electron chi connectivity index (χ4n) is 16.8. The molecule has 0 spiro atoms. The Labute approximate surface area is 691 Å². The Hall–Kier alpha value is -12.8. The molecule has 0 amide bonds. The van der Waals surface area contributed by atoms with Crippen LogP contribution in [0.4, 0.5) is 0 Å². The van der Waals surface area contributed by atoms with E-state index in [2.05, 4.69) is 473 Å². The van der Waals surface area contributed by atoms with Crippen molar-refractivity contribution in [2.24, 2.45) is 28.2 Å². The Morgan fingerprint density at radius 1 is 0.155 bits per heavy atom. The molecular weight excluding hydrogens is 1400 g/mol. The van der Waals surface area contributed by atoms with Gasteiger partial charge in [0.1, 0.15) is 28.2 Å². The fraction of sp³-hybridized carbons (Fsp3) is 0.179. The van der Waals surface area contributed by atoms with Crippen LogP contribution in [0, 0.1) is 111 Å². The first-order valence-electron chi connectivity index (χ1n) is 40.7. The Bertz CT molecular complexity index is 6300. The van der Waals surface area contributed by atoms with E-state index in [0.717, 1.165) is 0 Å². The van der Waals surface area contributed by atoms with Crippen molar-refractivity contribution >= 4 is 0 Å². The van der Waals surface area contributed by atoms with Crippen LogP contribution in [0.5, 0.6) is 0 Å². The number of pyridine rings is 4. The second kappa shape index (κ2) is 35.7. The summed E-state index contributed by atoms with van der Waals surface area (Å²) in [7, 11) is 8.54. The van der Waals surface area contributed by atoms with Crippen molar-refractivity contribution in [3.05, 3.63) is 405 Å². The highest BCUT2D eigenvalue weighted by molar-refractivity contribution is 5.83. The molecule has 0 saturated carbocycles. The van der Waals surface area contributed by atoms with Gasteiger partial charge in [-0.3, -0.25) is 0 Å². The van der Waals surface area contributed by atoms with Crippen LogP contribution in [-0.4, -0.2) is 0 Å². The zero-order valence-electron chi connectivity index (χ0n) is 71.8. The molecule has 4 nitrogen and oxygen atoms in total. The summed E-state index contributed by atoms with van der Waals surface area (Å²) in [6.07, 6.45) is 8.83. The largest absolute Gasteiger partial charge is 0.213 e. The van der Waals surface area contributed by atoms with Crippen LogP contribution < -0.4 is 18.3 Å². The highest BCUT2D eigenvalue weighted by Crippen LogP contribution is 2.39. The predicted octanol–water partition coefficient (Wildman–Crippen LogP) is 27.0. The van der Waals surface area contributed by atoms with E-state index >= 15 is 0 Å². The van der Waals surface area contributed by atoms with Crippen LogP contribution in [-0.2, 0) is 28.2 Å². The summed E-state index contributed by atoms with van der Waals surface area (Å²) in [5.41, 5.74) is 51.5. The molecule has 0 saturated heterocycles. The van der Waals surface area contributed by atoms with Gasteiger partial charge in [0, 0.05) is 69.8 Å². The molecule has 0 fully saturated rings. The lowest BCUT2D eigenvalue weighted by Crippen LogP contribution is -2.31. The summed E-state index contributed by atoms with van der Waals surface area (Å²) in [5, 5.41) is 0. The summed E-state index contributed by atoms with van der Waals surface area (Å²) in [4.78, 5) is 0. The van der Waals surface area contributed by atoms with Crippen molar-refractivity contribution in [2.45, 2.75) is 111 Å². The molecule has 0 radical (unpaired) electrons. The van der Waals surface area contributed by atoms with Crippen molar-refractivity contribution in [1.82, 2.24) is 0 Å². The highest BCUT2D eigenvalue weighted by Gasteiger charge is 2.24. The van der Waals surface area contributed by atoms with E-state index in [1.54, 1.807) is 0 Å². The van der Waals surface area contributed by atoms with Gasteiger partial charge in [-0.05, 0) is 291 Å². The molecule has 576 valence electrons. The Kier molecular flexibility index (Phi) is 25.0. The first kappa shape index (κ1) is 81.3. The molecule has 16 rings (SSSR count). The van der Waals surface area contributed by atoms with Gasteiger partial charge in [-0.1, -0.05) is 242 Å². The number of rotatable bonds is 12. The molecule has 4 heteroatoms. The van der Waals surface area contributed by atoms with Gasteiger partial charge in [0.25, 0.3) is 0 Å². The van der Waals surface area contributed by atoms with Crippen LogP contribution in [0.1, 0.15) is 89.0 Å². The van der Waals surface area contributed by atoms with Crippen LogP contribution in [0.25, 0.3) is 134 Å². The quantitative estimate of drug-likeness (QED) is 0.108. The molecule has 0 atom stereocenters. The minimum atomic E-state index is 1.23. The van der Waals surface area contributed by atoms with Crippen molar-refractivity contribution in [3.8, 4) is 134 Å². The molecule has 0 bridgehead atoms. The zero-order valence-corrected chi connectivity index (χ0v) is 71.8. The summed E-state index contributed by atoms with van der Waals surface area (Å²) in [6.45, 7) is 35.0. The smallest absolute Gasteiger partial charge is 0.201 e. The summed E-state index contributed by atoms with van der Waals surface area (Å²) in [6, 6.07) is 106. The summed E-state index contributed by atoms with van der Waals surface area (Å²) in [5.74, 6) is 0. The van der Waals surface area contributed by atoms with E-state index in [4.69, 9.17) is 0 Å². The minimum Gasteiger partial charge on any atom is -0.201 e. The number of benzene rings is 12. The van der Waals surface area contributed by atoms with E-state index < -0.39 is 0 Å². The predicted molar refractivity (Wildman–Crippen MR) is 491 cm³/mol. The molecule has 0 aliphatic heterocycles. The molecule has 116 heavy (non-hydrogen) atoms. The number of hydrogen-bond donors (Lipinski definition) is 0. The van der Waals surface area contributed by atoms with Gasteiger partial charge in [-0.15, -0.1) is 0 Å². The van der Waals surface area contributed by atoms with Gasteiger partial charge < -0.3 is 0 Å². The van der Waals surface area contributed by atoms with Crippen LogP contribution >= 0.6 is 0 Å². The van der Waals surface area contributed by atoms with Crippen LogP contribution in [0.3, 0.4) is 0 Å². The standard InChI is InChI=1S/C29H30N.2C28H28N.C27H26N/c1-19-15-22(4)29(23(5)16-19)25-13-14-30(6)28(18-25)27-17-24(12-11-21(27)3)26-10-8-7-9-20(26)2;1-19-10-6-8-12-24(19)23-15-14-21(3)27(16-23)28-17-26(22(4)18-29(28)5)25-13-9-7-11-20(25)2;1-19-10-13-26(22(4)16-19)24-14-15-29(5)28(18-24)27-17-23(12-11-21(27)3)25-9-7-6-8-20(25)2;1-19-10-8-9-13-24(19)23-15-14-20(2)26(16-23)27-17-25(21(3)18-28(27)4)22-11-6-5-7-12-22/h7-18H,1-6H3;2*6-18H,1-5H3;5-18H,1-4H3/q4*+1. The summed E-state index contributed by atoms with van der Waals surface area (Å²) < 4.78 is 8.94. The van der Waals surface area contributed by atoms with Gasteiger partial charge >= 0.3 is 0 Å². The number of aromatic nitrogens is 4. The summed E-state index contributed by atoms with van der Waals surface area (Å²) >= 11 is 0. The lowest BCUT2D eigenvalue weighted by Gasteiger charge is -2.14. The molecular formula is C112H112N4+4. The maximum atomic E-state index is 2.35. The third-order valence-electron chi connectivity index (χ3n) is 23.3. The highest BCUT2D eigenvalue weighted by atomic mass is 14.9. The van der Waals surface area contributed by atoms with Crippen molar-refractivity contribution in [1.29, 1.82) is 0 Å². The second-order valence-corrected chi connectivity index (χ2v) is 32.2. The SMILES string of the molecule is Cc1cc(C)c(-c2cc[n+](C)c(-c3cc(-c4ccccc4C)ccc3C)c2)c(C)c1.Cc1ccc(-c2cc[n+](C)c(-c3cc(-c4ccccc4C)ccc3C)c2)c(C)c1.Cc1ccccc1-c1ccc(C)c(-c2cc(-c3ccccc3)c(C)c[n+]2C)c1.Cc1ccccc1-c1ccc(C)c(-c2cc(-c3ccccc3C)c(C)c[n+]2C)c1. The molecule has 0 aliphatic carbocycles. The number of nitrogens with zero attached hydrogens (tertiary/aromatic N) is 4. The average molecular weight is 1510 g/mol. The topological polar surface area (TPSA) is 15.5 Å². The second-order valence-electron chi connectivity index (χ2n) is 32.2. The molecule has 0 aliphatic rings. The molecule has 4 aromatic heterocycles. The number of hydrogen-bond acceptors (Lipinski definition) is 0. The van der Waals surface area contributed by atoms with Gasteiger partial charge in [-0.25, -0.2) is 18.3 Å². The molecule has 0 unspecified atom stereocenters. The molecule has 16 aromatic rings. The molecule has 0 N–H and O–H groups in total. The van der Waals surface area contributed by atoms with Crippen LogP contribution in [0.15, 0.2) is 316 Å². The van der Waals surface area contributed by atoms with Crippen molar-refractivity contribution < 1.29 is 18.3 Å². The van der Waals surface area contributed by atoms with Crippen molar-refractivity contribution in [3.63, 3.8) is 0 Å². The normalized spacial score (nSPS) is 10.9. The average Bonchev–Trinajstić information content (AvgIpc) is 0.792. The maximum absolute atomic E-state index is 2.35. The molecule has 4 heterocycles. The first-order valence-corrected chi connectivity index (χ1v) is 40.7. The fourth-order valence-corrected chi connectivity index (χ4v) is 16.8. The Morgan fingerprint density at radius 2 is 0.448 bits per heavy atom. The van der Waals surface area contributed by atoms with E-state index in [1.165, 1.54) is 223 Å². The lowest BCUT2D eigenvalue weighted by atomic mass is 9.91. The monoisotopic (exact) mass is 1510 g/mol. The zero-order chi connectivity index (χ0) is 82.2. The van der Waals surface area contributed by atoms with Crippen molar-refractivity contribution in [2.75, 3.05) is 0 Å². The van der Waals surface area contributed by atoms with Gasteiger partial charge in [0.05, 0.1) is 0 Å². The van der Waals surface area contributed by atoms with Gasteiger partial charge in [0.2, 0.25) is 22.8 Å². The van der Waals surface area contributed by atoms with E-state index in [9.17, 15) is 0 Å². The van der Waals surface area contributed by atoms with E-state index in [0.29, 0.717) is 0 Å². The van der Waals surface area contributed by atoms with E-state index in [-0.39, 0.29) is 0 Å². The third kappa shape index (κ3) is 18.1. The third-order valence-corrected chi connectivity index (χ3v) is 23.3.